The van der Waals surface area contributed by atoms with E-state index in [2.05, 4.69) is 10.2 Å². The lowest BCUT2D eigenvalue weighted by molar-refractivity contribution is -0.137. The number of halogens is 3. The third kappa shape index (κ3) is 4.84. The van der Waals surface area contributed by atoms with Crippen LogP contribution in [0.1, 0.15) is 26.3 Å². The summed E-state index contributed by atoms with van der Waals surface area (Å²) in [4.78, 5) is 0.0852. The van der Waals surface area contributed by atoms with Crippen molar-refractivity contribution < 1.29 is 21.6 Å². The zero-order valence-electron chi connectivity index (χ0n) is 17.8. The van der Waals surface area contributed by atoms with Gasteiger partial charge >= 0.3 is 6.18 Å². The quantitative estimate of drug-likeness (QED) is 0.417. The topological polar surface area (TPSA) is 68.1 Å². The Morgan fingerprint density at radius 1 is 1.00 bits per heavy atom. The Morgan fingerprint density at radius 2 is 1.69 bits per heavy atom. The van der Waals surface area contributed by atoms with Gasteiger partial charge in [-0.25, -0.2) is 8.42 Å². The van der Waals surface area contributed by atoms with E-state index in [1.807, 2.05) is 6.92 Å². The van der Waals surface area contributed by atoms with Crippen LogP contribution in [0.2, 0.25) is 0 Å². The summed E-state index contributed by atoms with van der Waals surface area (Å²) in [7, 11) is -3.72. The molecular formula is C21H23F3N4O2S2. The highest BCUT2D eigenvalue weighted by molar-refractivity contribution is 7.99. The fourth-order valence-corrected chi connectivity index (χ4v) is 5.42. The Hall–Kier alpha value is -2.37. The van der Waals surface area contributed by atoms with Crippen LogP contribution in [-0.4, -0.2) is 46.3 Å². The number of alkyl halides is 3. The number of nitrogens with zero attached hydrogens (tertiary/aromatic N) is 4. The molecule has 11 heteroatoms. The number of thioether (sulfide) groups is 1. The largest absolute Gasteiger partial charge is 0.416 e. The van der Waals surface area contributed by atoms with Crippen molar-refractivity contribution in [1.82, 2.24) is 19.1 Å². The lowest BCUT2D eigenvalue weighted by atomic mass is 10.1. The molecule has 0 aliphatic carbocycles. The summed E-state index contributed by atoms with van der Waals surface area (Å²) >= 11 is 1.33. The summed E-state index contributed by atoms with van der Waals surface area (Å²) in [6, 6.07) is 11.1. The average Bonchev–Trinajstić information content (AvgIpc) is 3.18. The van der Waals surface area contributed by atoms with Gasteiger partial charge in [0.25, 0.3) is 0 Å². The van der Waals surface area contributed by atoms with Gasteiger partial charge in [-0.2, -0.15) is 17.5 Å². The summed E-state index contributed by atoms with van der Waals surface area (Å²) < 4.78 is 68.6. The maximum atomic E-state index is 13.3. The van der Waals surface area contributed by atoms with Gasteiger partial charge in [-0.1, -0.05) is 50.7 Å². The molecule has 0 radical (unpaired) electrons. The summed E-state index contributed by atoms with van der Waals surface area (Å²) in [5.41, 5.74) is -0.112. The van der Waals surface area contributed by atoms with Gasteiger partial charge in [-0.05, 0) is 36.1 Å². The first-order valence-electron chi connectivity index (χ1n) is 9.99. The molecule has 1 heterocycles. The Labute approximate surface area is 189 Å². The van der Waals surface area contributed by atoms with Crippen molar-refractivity contribution in [3.63, 3.8) is 0 Å². The molecule has 6 nitrogen and oxygen atoms in total. The van der Waals surface area contributed by atoms with Gasteiger partial charge in [0, 0.05) is 18.7 Å². The lowest BCUT2D eigenvalue weighted by Crippen LogP contribution is -2.30. The van der Waals surface area contributed by atoms with Crippen LogP contribution in [0.3, 0.4) is 0 Å². The molecule has 0 fully saturated rings. The average molecular weight is 485 g/mol. The van der Waals surface area contributed by atoms with Crippen molar-refractivity contribution in [2.45, 2.75) is 37.0 Å². The zero-order chi connectivity index (χ0) is 23.5. The first-order chi connectivity index (χ1) is 15.1. The smallest absolute Gasteiger partial charge is 0.270 e. The van der Waals surface area contributed by atoms with Crippen LogP contribution in [-0.2, 0) is 16.2 Å². The van der Waals surface area contributed by atoms with E-state index in [0.717, 1.165) is 12.1 Å². The molecule has 0 saturated heterocycles. The number of sulfonamides is 1. The second-order valence-corrected chi connectivity index (χ2v) is 9.91. The van der Waals surface area contributed by atoms with E-state index in [1.54, 1.807) is 26.0 Å². The molecule has 2 aromatic carbocycles. The van der Waals surface area contributed by atoms with Crippen molar-refractivity contribution in [3.05, 3.63) is 54.1 Å². The number of benzene rings is 2. The zero-order valence-corrected chi connectivity index (χ0v) is 19.4. The molecule has 1 aromatic heterocycles. The van der Waals surface area contributed by atoms with E-state index in [-0.39, 0.29) is 16.4 Å². The summed E-state index contributed by atoms with van der Waals surface area (Å²) in [5.74, 6) is 0.893. The minimum atomic E-state index is -4.50. The SMILES string of the molecule is CCSc1nnc(-c2cccc(S(=O)(=O)N(CC)CC)c2)n1-c1cccc(C(F)(F)F)c1. The molecular weight excluding hydrogens is 461 g/mol. The fraction of sp³-hybridized carbons (Fsp3) is 0.333. The van der Waals surface area contributed by atoms with E-state index >= 15 is 0 Å². The van der Waals surface area contributed by atoms with Crippen LogP contribution in [0.25, 0.3) is 17.1 Å². The second-order valence-electron chi connectivity index (χ2n) is 6.74. The summed E-state index contributed by atoms with van der Waals surface area (Å²) in [6.45, 7) is 6.04. The number of hydrogen-bond donors (Lipinski definition) is 0. The monoisotopic (exact) mass is 484 g/mol. The van der Waals surface area contributed by atoms with Gasteiger partial charge in [0.15, 0.2) is 11.0 Å². The Balaban J connectivity index is 2.18. The van der Waals surface area contributed by atoms with E-state index in [9.17, 15) is 21.6 Å². The normalized spacial score (nSPS) is 12.5. The molecule has 0 saturated carbocycles. The summed E-state index contributed by atoms with van der Waals surface area (Å²) in [5, 5.41) is 8.74. The van der Waals surface area contributed by atoms with E-state index in [0.29, 0.717) is 29.6 Å². The van der Waals surface area contributed by atoms with Crippen LogP contribution in [0.5, 0.6) is 0 Å². The molecule has 3 rings (SSSR count). The highest BCUT2D eigenvalue weighted by Crippen LogP contribution is 2.34. The highest BCUT2D eigenvalue weighted by Gasteiger charge is 2.31. The first-order valence-corrected chi connectivity index (χ1v) is 12.4. The Kier molecular flexibility index (Phi) is 7.31. The second kappa shape index (κ2) is 9.63. The van der Waals surface area contributed by atoms with Crippen LogP contribution in [0, 0.1) is 0 Å². The molecule has 0 aliphatic heterocycles. The Bertz CT molecular complexity index is 1190. The van der Waals surface area contributed by atoms with Gasteiger partial charge in [0.2, 0.25) is 10.0 Å². The molecule has 0 amide bonds. The molecule has 0 bridgehead atoms. The molecule has 0 N–H and O–H groups in total. The van der Waals surface area contributed by atoms with Gasteiger partial charge in [0.1, 0.15) is 0 Å². The molecule has 0 unspecified atom stereocenters. The number of rotatable bonds is 8. The van der Waals surface area contributed by atoms with Gasteiger partial charge in [-0.15, -0.1) is 10.2 Å². The van der Waals surface area contributed by atoms with Gasteiger partial charge in [-0.3, -0.25) is 4.57 Å². The molecule has 3 aromatic rings. The maximum absolute atomic E-state index is 13.3. The minimum Gasteiger partial charge on any atom is -0.270 e. The molecule has 172 valence electrons. The predicted molar refractivity (Wildman–Crippen MR) is 118 cm³/mol. The molecule has 0 aliphatic rings. The van der Waals surface area contributed by atoms with Gasteiger partial charge in [0.05, 0.1) is 16.1 Å². The van der Waals surface area contributed by atoms with Crippen LogP contribution in [0.15, 0.2) is 58.6 Å². The lowest BCUT2D eigenvalue weighted by Gasteiger charge is -2.19. The van der Waals surface area contributed by atoms with Crippen molar-refractivity contribution in [3.8, 4) is 17.1 Å². The molecule has 0 atom stereocenters. The molecule has 32 heavy (non-hydrogen) atoms. The number of hydrogen-bond acceptors (Lipinski definition) is 5. The van der Waals surface area contributed by atoms with E-state index in [4.69, 9.17) is 0 Å². The summed E-state index contributed by atoms with van der Waals surface area (Å²) in [6.07, 6.45) is -4.50. The minimum absolute atomic E-state index is 0.0852. The molecule has 0 spiro atoms. The third-order valence-electron chi connectivity index (χ3n) is 4.77. The van der Waals surface area contributed by atoms with Crippen molar-refractivity contribution in [1.29, 1.82) is 0 Å². The first kappa shape index (κ1) is 24.3. The highest BCUT2D eigenvalue weighted by atomic mass is 32.2. The van der Waals surface area contributed by atoms with Crippen LogP contribution < -0.4 is 0 Å². The van der Waals surface area contributed by atoms with Crippen LogP contribution in [0.4, 0.5) is 13.2 Å². The predicted octanol–water partition coefficient (Wildman–Crippen LogP) is 5.10. The standard InChI is InChI=1S/C21H23F3N4O2S2/c1-4-27(5-2)32(29,30)18-12-7-9-15(13-18)19-25-26-20(31-6-3)28(19)17-11-8-10-16(14-17)21(22,23)24/h7-14H,4-6H2,1-3H3. The van der Waals surface area contributed by atoms with Gasteiger partial charge < -0.3 is 0 Å². The fourth-order valence-electron chi connectivity index (χ4n) is 3.24. The van der Waals surface area contributed by atoms with E-state index in [1.165, 1.54) is 44.9 Å². The third-order valence-corrected chi connectivity index (χ3v) is 7.63. The van der Waals surface area contributed by atoms with Crippen molar-refractivity contribution in [2.24, 2.45) is 0 Å². The number of aromatic nitrogens is 3. The Morgan fingerprint density at radius 3 is 2.31 bits per heavy atom. The van der Waals surface area contributed by atoms with Crippen molar-refractivity contribution >= 4 is 21.8 Å². The van der Waals surface area contributed by atoms with E-state index < -0.39 is 21.8 Å². The van der Waals surface area contributed by atoms with Crippen LogP contribution >= 0.6 is 11.8 Å². The van der Waals surface area contributed by atoms with Crippen molar-refractivity contribution in [2.75, 3.05) is 18.8 Å². The maximum Gasteiger partial charge on any atom is 0.416 e.